The average molecular weight is 535 g/mol. The van der Waals surface area contributed by atoms with Gasteiger partial charge in [-0.2, -0.15) is 0 Å². The summed E-state index contributed by atoms with van der Waals surface area (Å²) in [7, 11) is 0. The molecule has 1 amide bonds. The van der Waals surface area contributed by atoms with Crippen LogP contribution in [0.5, 0.6) is 0 Å². The Balaban J connectivity index is 1.46. The number of nitrogens with zero attached hydrogens (tertiary/aromatic N) is 2. The molecule has 0 saturated carbocycles. The van der Waals surface area contributed by atoms with Crippen LogP contribution in [-0.4, -0.2) is 62.7 Å². The van der Waals surface area contributed by atoms with E-state index in [1.807, 2.05) is 92.5 Å². The van der Waals surface area contributed by atoms with Crippen LogP contribution in [0.4, 0.5) is 4.79 Å². The Hall–Kier alpha value is -3.13. The lowest BCUT2D eigenvalue weighted by Crippen LogP contribution is -2.51. The molecule has 3 unspecified atom stereocenters. The summed E-state index contributed by atoms with van der Waals surface area (Å²) in [5.74, 6) is 0. The van der Waals surface area contributed by atoms with Crippen LogP contribution in [0.15, 0.2) is 72.9 Å². The highest BCUT2D eigenvalue weighted by molar-refractivity contribution is 5.75. The lowest BCUT2D eigenvalue weighted by atomic mass is 9.80. The van der Waals surface area contributed by atoms with Crippen molar-refractivity contribution in [3.63, 3.8) is 0 Å². The zero-order chi connectivity index (χ0) is 28.4. The minimum Gasteiger partial charge on any atom is -0.438 e. The van der Waals surface area contributed by atoms with E-state index in [1.54, 1.807) is 24.8 Å². The maximum absolute atomic E-state index is 13.3. The normalized spacial score (nSPS) is 22.9. The summed E-state index contributed by atoms with van der Waals surface area (Å²) in [6.45, 7) is 10.5. The predicted molar refractivity (Wildman–Crippen MR) is 152 cm³/mol. The number of aliphatic hydroxyl groups is 3. The molecule has 0 aromatic heterocycles. The molecule has 2 aliphatic heterocycles. The van der Waals surface area contributed by atoms with Crippen molar-refractivity contribution in [3.8, 4) is 0 Å². The van der Waals surface area contributed by atoms with Gasteiger partial charge in [0.25, 0.3) is 0 Å². The summed E-state index contributed by atoms with van der Waals surface area (Å²) in [6.07, 6.45) is 5.37. The number of rotatable bonds is 9. The molecule has 2 aliphatic rings. The molecule has 0 aliphatic carbocycles. The summed E-state index contributed by atoms with van der Waals surface area (Å²) < 4.78 is 6.14. The first-order chi connectivity index (χ1) is 18.3. The Kier molecular flexibility index (Phi) is 8.26. The van der Waals surface area contributed by atoms with Gasteiger partial charge in [0.05, 0.1) is 11.6 Å². The van der Waals surface area contributed by atoms with Gasteiger partial charge in [0.2, 0.25) is 0 Å². The second-order valence-electron chi connectivity index (χ2n) is 12.3. The lowest BCUT2D eigenvalue weighted by molar-refractivity contribution is -0.101. The van der Waals surface area contributed by atoms with E-state index < -0.39 is 23.5 Å². The average Bonchev–Trinajstić information content (AvgIpc) is 2.89. The molecule has 7 heteroatoms. The smallest absolute Gasteiger partial charge is 0.411 e. The van der Waals surface area contributed by atoms with Crippen molar-refractivity contribution in [1.29, 1.82) is 0 Å². The SMILES string of the molecule is CC(c1ccc(C2=CC(O)N(CC(C)(C)CO)C=C2)cc1)N1CCC(CC(C)(C)O)(c2ccccc2)OC1=O. The van der Waals surface area contributed by atoms with Crippen molar-refractivity contribution < 1.29 is 24.9 Å². The molecule has 2 aromatic carbocycles. The van der Waals surface area contributed by atoms with Crippen molar-refractivity contribution >= 4 is 11.7 Å². The number of cyclic esters (lactones) is 1. The summed E-state index contributed by atoms with van der Waals surface area (Å²) in [5.41, 5.74) is 1.57. The monoisotopic (exact) mass is 534 g/mol. The Morgan fingerprint density at radius 3 is 2.31 bits per heavy atom. The second kappa shape index (κ2) is 11.2. The van der Waals surface area contributed by atoms with Crippen molar-refractivity contribution in [2.24, 2.45) is 5.41 Å². The second-order valence-corrected chi connectivity index (χ2v) is 12.3. The van der Waals surface area contributed by atoms with Gasteiger partial charge in [-0.25, -0.2) is 4.79 Å². The standard InChI is InChI=1S/C32H42N2O5/c1-23(34-18-16-32(39-29(34)37,20-31(4,5)38)27-9-7-6-8-10-27)24-11-13-25(14-12-24)26-15-17-33(28(36)19-26)21-30(2,3)22-35/h6-15,17,19,23,28,35-36,38H,16,18,20-22H2,1-5H3. The van der Waals surface area contributed by atoms with Gasteiger partial charge in [-0.3, -0.25) is 0 Å². The fraction of sp³-hybridized carbons (Fsp3) is 0.469. The number of carbonyl (C=O) groups is 1. The Morgan fingerprint density at radius 1 is 1.08 bits per heavy atom. The number of ether oxygens (including phenoxy) is 1. The van der Waals surface area contributed by atoms with E-state index >= 15 is 0 Å². The van der Waals surface area contributed by atoms with Crippen LogP contribution in [0.25, 0.3) is 5.57 Å². The van der Waals surface area contributed by atoms with E-state index in [-0.39, 0.29) is 18.1 Å². The van der Waals surface area contributed by atoms with Crippen LogP contribution >= 0.6 is 0 Å². The summed E-state index contributed by atoms with van der Waals surface area (Å²) in [4.78, 5) is 16.9. The van der Waals surface area contributed by atoms with E-state index in [0.717, 1.165) is 22.3 Å². The van der Waals surface area contributed by atoms with Crippen LogP contribution in [-0.2, 0) is 10.3 Å². The quantitative estimate of drug-likeness (QED) is 0.410. The molecule has 0 spiro atoms. The van der Waals surface area contributed by atoms with E-state index in [1.165, 1.54) is 0 Å². The highest BCUT2D eigenvalue weighted by Crippen LogP contribution is 2.42. The van der Waals surface area contributed by atoms with Gasteiger partial charge >= 0.3 is 6.09 Å². The van der Waals surface area contributed by atoms with Crippen LogP contribution in [0.3, 0.4) is 0 Å². The van der Waals surface area contributed by atoms with Gasteiger partial charge in [-0.15, -0.1) is 0 Å². The third kappa shape index (κ3) is 6.72. The summed E-state index contributed by atoms with van der Waals surface area (Å²) >= 11 is 0. The first-order valence-corrected chi connectivity index (χ1v) is 13.7. The predicted octanol–water partition coefficient (Wildman–Crippen LogP) is 5.20. The van der Waals surface area contributed by atoms with E-state index in [0.29, 0.717) is 25.9 Å². The molecular weight excluding hydrogens is 492 g/mol. The largest absolute Gasteiger partial charge is 0.438 e. The molecule has 2 heterocycles. The van der Waals surface area contributed by atoms with E-state index in [9.17, 15) is 20.1 Å². The number of amides is 1. The van der Waals surface area contributed by atoms with Gasteiger partial charge in [0, 0.05) is 44.2 Å². The first kappa shape index (κ1) is 28.9. The van der Waals surface area contributed by atoms with Crippen LogP contribution in [0.2, 0.25) is 0 Å². The van der Waals surface area contributed by atoms with Gasteiger partial charge < -0.3 is 29.9 Å². The van der Waals surface area contributed by atoms with Crippen LogP contribution in [0, 0.1) is 5.41 Å². The van der Waals surface area contributed by atoms with Gasteiger partial charge in [0.15, 0.2) is 0 Å². The molecule has 2 aromatic rings. The van der Waals surface area contributed by atoms with E-state index in [4.69, 9.17) is 4.74 Å². The van der Waals surface area contributed by atoms with E-state index in [2.05, 4.69) is 0 Å². The minimum absolute atomic E-state index is 0.0392. The molecule has 39 heavy (non-hydrogen) atoms. The number of allylic oxidation sites excluding steroid dienone is 2. The fourth-order valence-electron chi connectivity index (χ4n) is 5.48. The molecule has 0 radical (unpaired) electrons. The molecular formula is C32H42N2O5. The van der Waals surface area contributed by atoms with Gasteiger partial charge in [-0.05, 0) is 55.2 Å². The molecule has 1 saturated heterocycles. The van der Waals surface area contributed by atoms with Crippen LogP contribution < -0.4 is 0 Å². The number of carbonyl (C=O) groups excluding carboxylic acids is 1. The third-order valence-electron chi connectivity index (χ3n) is 7.64. The molecule has 7 nitrogen and oxygen atoms in total. The summed E-state index contributed by atoms with van der Waals surface area (Å²) in [5, 5.41) is 30.8. The highest BCUT2D eigenvalue weighted by Gasteiger charge is 2.46. The Labute approximate surface area is 232 Å². The highest BCUT2D eigenvalue weighted by atomic mass is 16.6. The Morgan fingerprint density at radius 2 is 1.74 bits per heavy atom. The van der Waals surface area contributed by atoms with Crippen molar-refractivity contribution in [3.05, 3.63) is 89.6 Å². The van der Waals surface area contributed by atoms with Gasteiger partial charge in [-0.1, -0.05) is 68.4 Å². The summed E-state index contributed by atoms with van der Waals surface area (Å²) in [6, 6.07) is 17.5. The molecule has 3 N–H and O–H groups in total. The number of aliphatic hydroxyl groups excluding tert-OH is 2. The first-order valence-electron chi connectivity index (χ1n) is 13.7. The van der Waals surface area contributed by atoms with Crippen molar-refractivity contribution in [2.75, 3.05) is 19.7 Å². The number of benzene rings is 2. The van der Waals surface area contributed by atoms with Crippen molar-refractivity contribution in [2.45, 2.75) is 70.9 Å². The topological polar surface area (TPSA) is 93.5 Å². The van der Waals surface area contributed by atoms with Crippen molar-refractivity contribution in [1.82, 2.24) is 9.80 Å². The lowest BCUT2D eigenvalue weighted by Gasteiger charge is -2.45. The number of hydrogen-bond acceptors (Lipinski definition) is 6. The third-order valence-corrected chi connectivity index (χ3v) is 7.64. The van der Waals surface area contributed by atoms with Crippen LogP contribution in [0.1, 0.15) is 70.2 Å². The maximum atomic E-state index is 13.3. The maximum Gasteiger partial charge on any atom is 0.411 e. The molecule has 210 valence electrons. The molecule has 1 fully saturated rings. The zero-order valence-corrected chi connectivity index (χ0v) is 23.7. The molecule has 3 atom stereocenters. The fourth-order valence-corrected chi connectivity index (χ4v) is 5.48. The number of hydrogen-bond donors (Lipinski definition) is 3. The van der Waals surface area contributed by atoms with Gasteiger partial charge in [0.1, 0.15) is 11.8 Å². The Bertz CT molecular complexity index is 1200. The molecule has 0 bridgehead atoms. The molecule has 4 rings (SSSR count). The minimum atomic E-state index is -0.998. The zero-order valence-electron chi connectivity index (χ0n) is 23.7.